The maximum atomic E-state index is 12.8. The number of carbonyl (C=O) groups excluding carboxylic acids is 1. The number of nitrogens with zero attached hydrogens (tertiary/aromatic N) is 5. The number of carbonyl (C=O) groups is 1. The Morgan fingerprint density at radius 1 is 1.23 bits per heavy atom. The number of nitrogens with one attached hydrogen (secondary N) is 1. The second-order valence-electron chi connectivity index (χ2n) is 7.43. The van der Waals surface area contributed by atoms with Gasteiger partial charge in [-0.25, -0.2) is 14.8 Å². The molecule has 3 heterocycles. The first-order valence-electron chi connectivity index (χ1n) is 9.68. The lowest BCUT2D eigenvalue weighted by Crippen LogP contribution is -2.38. The van der Waals surface area contributed by atoms with E-state index < -0.39 is 11.2 Å². The van der Waals surface area contributed by atoms with Crippen LogP contribution in [-0.4, -0.2) is 35.9 Å². The Bertz CT molecular complexity index is 1240. The van der Waals surface area contributed by atoms with Gasteiger partial charge in [-0.1, -0.05) is 29.8 Å². The maximum absolute atomic E-state index is 12.8. The van der Waals surface area contributed by atoms with Crippen molar-refractivity contribution in [1.82, 2.24) is 24.3 Å². The van der Waals surface area contributed by atoms with Gasteiger partial charge in [0.2, 0.25) is 5.91 Å². The molecule has 3 aromatic heterocycles. The molecule has 11 heteroatoms. The molecule has 1 aliphatic rings. The molecule has 0 bridgehead atoms. The standard InChI is InChI=1S/C19H22N6O4S/c1-10-8-12(23-29-10)20-13(26)9-30-17-14-16(24(2)19(28)25(3)18(14)27)21-15(22-17)11-6-4-5-7-11/h8,11H,4-7,9H2,1-3H3,(H,20,23,26). The molecule has 0 saturated heterocycles. The summed E-state index contributed by atoms with van der Waals surface area (Å²) in [7, 11) is 3.01. The predicted octanol–water partition coefficient (Wildman–Crippen LogP) is 1.71. The highest BCUT2D eigenvalue weighted by Gasteiger charge is 2.24. The number of aromatic nitrogens is 5. The monoisotopic (exact) mass is 430 g/mol. The first-order valence-corrected chi connectivity index (χ1v) is 10.7. The first kappa shape index (κ1) is 20.3. The van der Waals surface area contributed by atoms with Crippen molar-refractivity contribution in [3.05, 3.63) is 38.5 Å². The molecule has 0 unspecified atom stereocenters. The summed E-state index contributed by atoms with van der Waals surface area (Å²) in [6.07, 6.45) is 4.15. The Kier molecular flexibility index (Phi) is 5.46. The molecular weight excluding hydrogens is 408 g/mol. The summed E-state index contributed by atoms with van der Waals surface area (Å²) in [4.78, 5) is 46.8. The SMILES string of the molecule is Cc1cc(NC(=O)CSc2nc(C3CCCC3)nc3c2c(=O)n(C)c(=O)n3C)no1. The Hall–Kier alpha value is -2.95. The minimum absolute atomic E-state index is 0.0219. The van der Waals surface area contributed by atoms with Crippen molar-refractivity contribution >= 4 is 34.5 Å². The van der Waals surface area contributed by atoms with Crippen LogP contribution in [0.2, 0.25) is 0 Å². The van der Waals surface area contributed by atoms with Gasteiger partial charge in [-0.15, -0.1) is 0 Å². The van der Waals surface area contributed by atoms with Crippen LogP contribution in [0.1, 0.15) is 43.2 Å². The zero-order chi connectivity index (χ0) is 21.4. The van der Waals surface area contributed by atoms with Gasteiger partial charge in [-0.05, 0) is 19.8 Å². The molecule has 1 aliphatic carbocycles. The number of anilines is 1. The predicted molar refractivity (Wildman–Crippen MR) is 112 cm³/mol. The molecule has 1 saturated carbocycles. The largest absolute Gasteiger partial charge is 0.360 e. The molecule has 10 nitrogen and oxygen atoms in total. The van der Waals surface area contributed by atoms with E-state index in [2.05, 4.69) is 20.4 Å². The summed E-state index contributed by atoms with van der Waals surface area (Å²) < 4.78 is 7.33. The second-order valence-corrected chi connectivity index (χ2v) is 8.40. The van der Waals surface area contributed by atoms with Gasteiger partial charge >= 0.3 is 5.69 Å². The summed E-state index contributed by atoms with van der Waals surface area (Å²) in [6, 6.07) is 1.62. The van der Waals surface area contributed by atoms with Gasteiger partial charge in [-0.3, -0.25) is 18.7 Å². The highest BCUT2D eigenvalue weighted by Crippen LogP contribution is 2.34. The van der Waals surface area contributed by atoms with Crippen LogP contribution in [0.25, 0.3) is 11.0 Å². The lowest BCUT2D eigenvalue weighted by Gasteiger charge is -2.14. The molecule has 0 aromatic carbocycles. The minimum Gasteiger partial charge on any atom is -0.360 e. The van der Waals surface area contributed by atoms with Crippen molar-refractivity contribution in [2.45, 2.75) is 43.6 Å². The highest BCUT2D eigenvalue weighted by molar-refractivity contribution is 8.00. The van der Waals surface area contributed by atoms with Crippen LogP contribution in [0.4, 0.5) is 5.82 Å². The molecule has 158 valence electrons. The Labute approximate surface area is 175 Å². The zero-order valence-electron chi connectivity index (χ0n) is 17.0. The van der Waals surface area contributed by atoms with E-state index in [1.807, 2.05) is 0 Å². The fraction of sp³-hybridized carbons (Fsp3) is 0.474. The second kappa shape index (κ2) is 8.05. The lowest BCUT2D eigenvalue weighted by atomic mass is 10.1. The number of aryl methyl sites for hydroxylation is 2. The normalized spacial score (nSPS) is 14.5. The van der Waals surface area contributed by atoms with E-state index in [-0.39, 0.29) is 23.0 Å². The zero-order valence-corrected chi connectivity index (χ0v) is 17.8. The van der Waals surface area contributed by atoms with Crippen molar-refractivity contribution in [3.8, 4) is 0 Å². The molecule has 0 radical (unpaired) electrons. The van der Waals surface area contributed by atoms with Gasteiger partial charge in [0.25, 0.3) is 5.56 Å². The molecule has 0 atom stereocenters. The van der Waals surface area contributed by atoms with Gasteiger partial charge in [0.1, 0.15) is 22.0 Å². The van der Waals surface area contributed by atoms with E-state index in [1.165, 1.54) is 11.6 Å². The number of hydrogen-bond donors (Lipinski definition) is 1. The van der Waals surface area contributed by atoms with E-state index in [0.717, 1.165) is 42.0 Å². The number of fused-ring (bicyclic) bond motifs is 1. The number of amides is 1. The fourth-order valence-corrected chi connectivity index (χ4v) is 4.48. The van der Waals surface area contributed by atoms with Crippen LogP contribution in [0, 0.1) is 6.92 Å². The van der Waals surface area contributed by atoms with Crippen molar-refractivity contribution in [2.75, 3.05) is 11.1 Å². The van der Waals surface area contributed by atoms with E-state index in [4.69, 9.17) is 4.52 Å². The molecule has 0 spiro atoms. The van der Waals surface area contributed by atoms with Crippen molar-refractivity contribution < 1.29 is 9.32 Å². The summed E-state index contributed by atoms with van der Waals surface area (Å²) >= 11 is 1.14. The van der Waals surface area contributed by atoms with Crippen molar-refractivity contribution in [2.24, 2.45) is 14.1 Å². The van der Waals surface area contributed by atoms with Crippen LogP contribution >= 0.6 is 11.8 Å². The fourth-order valence-electron chi connectivity index (χ4n) is 3.65. The quantitative estimate of drug-likeness (QED) is 0.479. The molecule has 1 amide bonds. The third-order valence-corrected chi connectivity index (χ3v) is 6.22. The molecule has 30 heavy (non-hydrogen) atoms. The lowest BCUT2D eigenvalue weighted by molar-refractivity contribution is -0.113. The molecule has 0 aliphatic heterocycles. The van der Waals surface area contributed by atoms with Gasteiger partial charge < -0.3 is 9.84 Å². The van der Waals surface area contributed by atoms with Crippen molar-refractivity contribution in [3.63, 3.8) is 0 Å². The van der Waals surface area contributed by atoms with Crippen LogP contribution in [-0.2, 0) is 18.9 Å². The van der Waals surface area contributed by atoms with Crippen LogP contribution in [0.3, 0.4) is 0 Å². The Morgan fingerprint density at radius 3 is 2.63 bits per heavy atom. The molecule has 3 aromatic rings. The Balaban J connectivity index is 1.72. The summed E-state index contributed by atoms with van der Waals surface area (Å²) in [5.41, 5.74) is -0.616. The molecule has 1 N–H and O–H groups in total. The van der Waals surface area contributed by atoms with E-state index in [9.17, 15) is 14.4 Å². The van der Waals surface area contributed by atoms with Gasteiger partial charge in [0.05, 0.1) is 5.75 Å². The van der Waals surface area contributed by atoms with Gasteiger partial charge in [0.15, 0.2) is 11.5 Å². The summed E-state index contributed by atoms with van der Waals surface area (Å²) in [5, 5.41) is 7.05. The van der Waals surface area contributed by atoms with E-state index >= 15 is 0 Å². The Morgan fingerprint density at radius 2 is 1.97 bits per heavy atom. The van der Waals surface area contributed by atoms with Gasteiger partial charge in [-0.2, -0.15) is 0 Å². The van der Waals surface area contributed by atoms with Gasteiger partial charge in [0, 0.05) is 26.1 Å². The average Bonchev–Trinajstić information content (AvgIpc) is 3.40. The summed E-state index contributed by atoms with van der Waals surface area (Å²) in [6.45, 7) is 1.73. The number of hydrogen-bond acceptors (Lipinski definition) is 8. The molecule has 4 rings (SSSR count). The van der Waals surface area contributed by atoms with E-state index in [1.54, 1.807) is 20.0 Å². The number of rotatable bonds is 5. The van der Waals surface area contributed by atoms with Crippen LogP contribution in [0.5, 0.6) is 0 Å². The van der Waals surface area contributed by atoms with Crippen LogP contribution < -0.4 is 16.6 Å². The third kappa shape index (κ3) is 3.76. The number of thioether (sulfide) groups is 1. The maximum Gasteiger partial charge on any atom is 0.332 e. The molecule has 1 fully saturated rings. The van der Waals surface area contributed by atoms with Crippen LogP contribution in [0.15, 0.2) is 25.2 Å². The first-order chi connectivity index (χ1) is 14.3. The highest BCUT2D eigenvalue weighted by atomic mass is 32.2. The molecular formula is C19H22N6O4S. The van der Waals surface area contributed by atoms with E-state index in [0.29, 0.717) is 28.1 Å². The third-order valence-electron chi connectivity index (χ3n) is 5.24. The van der Waals surface area contributed by atoms with Crippen molar-refractivity contribution in [1.29, 1.82) is 0 Å². The minimum atomic E-state index is -0.471. The topological polar surface area (TPSA) is 125 Å². The average molecular weight is 430 g/mol. The smallest absolute Gasteiger partial charge is 0.332 e. The summed E-state index contributed by atoms with van der Waals surface area (Å²) in [5.74, 6) is 1.46.